The van der Waals surface area contributed by atoms with E-state index in [-0.39, 0.29) is 0 Å². The van der Waals surface area contributed by atoms with Crippen LogP contribution in [0.4, 0.5) is 0 Å². The minimum atomic E-state index is -3.27. The molecule has 7 nitrogen and oxygen atoms in total. The monoisotopic (exact) mass is 325 g/mol. The number of nitrogens with zero attached hydrogens (tertiary/aromatic N) is 5. The molecule has 0 amide bonds. The topological polar surface area (TPSA) is 69.6 Å². The van der Waals surface area contributed by atoms with E-state index in [1.54, 1.807) is 27.1 Å². The van der Waals surface area contributed by atoms with Crippen LogP contribution in [0.1, 0.15) is 25.1 Å². The van der Waals surface area contributed by atoms with Gasteiger partial charge in [-0.15, -0.1) is 0 Å². The second-order valence-electron chi connectivity index (χ2n) is 5.81. The number of aromatic nitrogens is 2. The Morgan fingerprint density at radius 1 is 0.864 bits per heavy atom. The van der Waals surface area contributed by atoms with Crippen LogP contribution < -0.4 is 0 Å². The second-order valence-corrected chi connectivity index (χ2v) is 7.74. The number of rotatable bonds is 4. The van der Waals surface area contributed by atoms with Crippen LogP contribution in [0.2, 0.25) is 0 Å². The maximum atomic E-state index is 12.6. The van der Waals surface area contributed by atoms with Gasteiger partial charge in [0.1, 0.15) is 5.82 Å². The normalized spacial score (nSPS) is 22.7. The first-order valence-electron chi connectivity index (χ1n) is 7.90. The van der Waals surface area contributed by atoms with Crippen LogP contribution >= 0.6 is 0 Å². The van der Waals surface area contributed by atoms with Crippen LogP contribution in [0.25, 0.3) is 0 Å². The largest absolute Gasteiger partial charge is 0.295 e. The van der Waals surface area contributed by atoms with Gasteiger partial charge in [0.15, 0.2) is 0 Å². The van der Waals surface area contributed by atoms with Crippen LogP contribution in [-0.4, -0.2) is 71.2 Å². The maximum Gasteiger partial charge on any atom is 0.282 e. The average Bonchev–Trinajstić information content (AvgIpc) is 2.97. The van der Waals surface area contributed by atoms with Gasteiger partial charge in [0.2, 0.25) is 0 Å². The summed E-state index contributed by atoms with van der Waals surface area (Å²) in [6.07, 6.45) is 6.28. The predicted molar refractivity (Wildman–Crippen MR) is 83.2 cm³/mol. The lowest BCUT2D eigenvalue weighted by atomic mass is 10.4. The fourth-order valence-corrected chi connectivity index (χ4v) is 4.75. The number of hydrogen-bond acceptors (Lipinski definition) is 5. The summed E-state index contributed by atoms with van der Waals surface area (Å²) in [5.74, 6) is 0.790. The highest BCUT2D eigenvalue weighted by Crippen LogP contribution is 2.18. The van der Waals surface area contributed by atoms with E-state index in [0.717, 1.165) is 38.2 Å². The zero-order valence-electron chi connectivity index (χ0n) is 12.8. The van der Waals surface area contributed by atoms with Crippen LogP contribution in [0, 0.1) is 0 Å². The second kappa shape index (κ2) is 6.99. The zero-order chi connectivity index (χ0) is 15.4. The fourth-order valence-electron chi connectivity index (χ4n) is 3.03. The summed E-state index contributed by atoms with van der Waals surface area (Å²) < 4.78 is 28.5. The molecule has 3 heterocycles. The highest BCUT2D eigenvalue weighted by atomic mass is 32.2. The molecule has 2 saturated heterocycles. The molecule has 2 aliphatic rings. The minimum Gasteiger partial charge on any atom is -0.295 e. The lowest BCUT2D eigenvalue weighted by molar-refractivity contribution is 0.270. The van der Waals surface area contributed by atoms with Crippen molar-refractivity contribution in [2.24, 2.45) is 0 Å². The number of hydrogen-bond donors (Lipinski definition) is 0. The van der Waals surface area contributed by atoms with E-state index in [9.17, 15) is 8.42 Å². The van der Waals surface area contributed by atoms with Gasteiger partial charge in [-0.1, -0.05) is 0 Å². The molecule has 22 heavy (non-hydrogen) atoms. The summed E-state index contributed by atoms with van der Waals surface area (Å²) in [7, 11) is -3.27. The van der Waals surface area contributed by atoms with Crippen molar-refractivity contribution >= 4 is 10.2 Å². The van der Waals surface area contributed by atoms with E-state index in [4.69, 9.17) is 0 Å². The Kier molecular flexibility index (Phi) is 5.02. The van der Waals surface area contributed by atoms with Crippen molar-refractivity contribution in [2.75, 3.05) is 39.3 Å². The molecule has 1 aromatic rings. The van der Waals surface area contributed by atoms with Crippen molar-refractivity contribution in [1.29, 1.82) is 0 Å². The van der Waals surface area contributed by atoms with Gasteiger partial charge in [0.25, 0.3) is 10.2 Å². The lowest BCUT2D eigenvalue weighted by Crippen LogP contribution is -2.44. The Morgan fingerprint density at radius 3 is 2.23 bits per heavy atom. The molecule has 0 saturated carbocycles. The average molecular weight is 325 g/mol. The quantitative estimate of drug-likeness (QED) is 0.798. The van der Waals surface area contributed by atoms with Crippen LogP contribution in [-0.2, 0) is 16.8 Å². The molecule has 0 unspecified atom stereocenters. The van der Waals surface area contributed by atoms with Gasteiger partial charge < -0.3 is 0 Å². The Hall–Kier alpha value is -1.09. The van der Waals surface area contributed by atoms with Crippen molar-refractivity contribution in [3.63, 3.8) is 0 Å². The molecular weight excluding hydrogens is 302 g/mol. The van der Waals surface area contributed by atoms with Gasteiger partial charge in [-0.05, 0) is 31.9 Å². The SMILES string of the molecule is O=S(=O)(N1CCCC1)N1CCCN(Cc2ncccn2)CC1. The summed E-state index contributed by atoms with van der Waals surface area (Å²) in [6, 6.07) is 1.80. The maximum absolute atomic E-state index is 12.6. The van der Waals surface area contributed by atoms with E-state index in [0.29, 0.717) is 32.7 Å². The Bertz CT molecular complexity index is 574. The van der Waals surface area contributed by atoms with Crippen molar-refractivity contribution in [1.82, 2.24) is 23.5 Å². The summed E-state index contributed by atoms with van der Waals surface area (Å²) in [4.78, 5) is 10.7. The van der Waals surface area contributed by atoms with E-state index in [1.165, 1.54) is 0 Å². The molecule has 8 heteroatoms. The van der Waals surface area contributed by atoms with E-state index >= 15 is 0 Å². The summed E-state index contributed by atoms with van der Waals surface area (Å²) in [6.45, 7) is 4.77. The molecule has 0 aromatic carbocycles. The van der Waals surface area contributed by atoms with E-state index < -0.39 is 10.2 Å². The molecule has 0 N–H and O–H groups in total. The van der Waals surface area contributed by atoms with Gasteiger partial charge in [-0.25, -0.2) is 9.97 Å². The first-order chi connectivity index (χ1) is 10.7. The van der Waals surface area contributed by atoms with Crippen LogP contribution in [0.3, 0.4) is 0 Å². The molecular formula is C14H23N5O2S. The predicted octanol–water partition coefficient (Wildman–Crippen LogP) is 0.325. The minimum absolute atomic E-state index is 0.547. The fraction of sp³-hybridized carbons (Fsp3) is 0.714. The standard InChI is InChI=1S/C14H23N5O2S/c20-22(21,18-8-1-2-9-18)19-10-4-7-17(11-12-19)13-14-15-5-3-6-16-14/h3,5-6H,1-2,4,7-13H2. The summed E-state index contributed by atoms with van der Waals surface area (Å²) in [5, 5.41) is 0. The van der Waals surface area contributed by atoms with Crippen molar-refractivity contribution in [2.45, 2.75) is 25.8 Å². The third-order valence-electron chi connectivity index (χ3n) is 4.25. The Balaban J connectivity index is 1.60. The van der Waals surface area contributed by atoms with Gasteiger partial charge in [0, 0.05) is 45.1 Å². The molecule has 122 valence electrons. The third kappa shape index (κ3) is 3.62. The summed E-state index contributed by atoms with van der Waals surface area (Å²) >= 11 is 0. The molecule has 2 aliphatic heterocycles. The zero-order valence-corrected chi connectivity index (χ0v) is 13.6. The molecule has 1 aromatic heterocycles. The smallest absolute Gasteiger partial charge is 0.282 e. The molecule has 3 rings (SSSR count). The highest BCUT2D eigenvalue weighted by Gasteiger charge is 2.32. The van der Waals surface area contributed by atoms with E-state index in [1.807, 2.05) is 0 Å². The van der Waals surface area contributed by atoms with Crippen molar-refractivity contribution in [3.8, 4) is 0 Å². The Labute approximate surface area is 132 Å². The van der Waals surface area contributed by atoms with Gasteiger partial charge >= 0.3 is 0 Å². The first-order valence-corrected chi connectivity index (χ1v) is 9.29. The van der Waals surface area contributed by atoms with Gasteiger partial charge in [-0.3, -0.25) is 4.90 Å². The first kappa shape index (κ1) is 15.8. The molecule has 0 aliphatic carbocycles. The third-order valence-corrected chi connectivity index (χ3v) is 6.28. The van der Waals surface area contributed by atoms with Gasteiger partial charge in [0.05, 0.1) is 6.54 Å². The van der Waals surface area contributed by atoms with Crippen LogP contribution in [0.15, 0.2) is 18.5 Å². The van der Waals surface area contributed by atoms with Crippen molar-refractivity contribution < 1.29 is 8.42 Å². The van der Waals surface area contributed by atoms with E-state index in [2.05, 4.69) is 14.9 Å². The molecule has 2 fully saturated rings. The molecule has 0 bridgehead atoms. The summed E-state index contributed by atoms with van der Waals surface area (Å²) in [5.41, 5.74) is 0. The molecule has 0 radical (unpaired) electrons. The van der Waals surface area contributed by atoms with Crippen LogP contribution in [0.5, 0.6) is 0 Å². The molecule has 0 atom stereocenters. The molecule has 0 spiro atoms. The van der Waals surface area contributed by atoms with Gasteiger partial charge in [-0.2, -0.15) is 17.0 Å². The lowest BCUT2D eigenvalue weighted by Gasteiger charge is -2.26. The van der Waals surface area contributed by atoms with Crippen molar-refractivity contribution in [3.05, 3.63) is 24.3 Å². The Morgan fingerprint density at radius 2 is 1.50 bits per heavy atom. The highest BCUT2D eigenvalue weighted by molar-refractivity contribution is 7.86.